The fourth-order valence-electron chi connectivity index (χ4n) is 2.25. The maximum Gasteiger partial charge on any atom is 0.138 e. The molecule has 2 aromatic carbocycles. The highest BCUT2D eigenvalue weighted by Gasteiger charge is 2.12. The second-order valence-corrected chi connectivity index (χ2v) is 5.16. The third-order valence-electron chi connectivity index (χ3n) is 3.31. The van der Waals surface area contributed by atoms with E-state index in [4.69, 9.17) is 11.6 Å². The standard InChI is InChI=1S/C16H15ClN4/c1-12(13-6-3-2-4-7-13)20-15-9-5-8-14(17)16(15)21-11-18-10-19-21/h2-12,20H,1H3. The van der Waals surface area contributed by atoms with Crippen molar-refractivity contribution in [2.24, 2.45) is 0 Å². The summed E-state index contributed by atoms with van der Waals surface area (Å²) in [5.74, 6) is 0. The molecular weight excluding hydrogens is 284 g/mol. The largest absolute Gasteiger partial charge is 0.377 e. The molecule has 0 aliphatic heterocycles. The van der Waals surface area contributed by atoms with Gasteiger partial charge in [-0.05, 0) is 24.6 Å². The van der Waals surface area contributed by atoms with E-state index in [-0.39, 0.29) is 6.04 Å². The lowest BCUT2D eigenvalue weighted by molar-refractivity contribution is 0.853. The number of hydrogen-bond acceptors (Lipinski definition) is 3. The van der Waals surface area contributed by atoms with E-state index in [0.717, 1.165) is 11.4 Å². The maximum atomic E-state index is 6.32. The van der Waals surface area contributed by atoms with Crippen molar-refractivity contribution in [3.05, 3.63) is 71.8 Å². The first kappa shape index (κ1) is 13.6. The van der Waals surface area contributed by atoms with Gasteiger partial charge in [0.25, 0.3) is 0 Å². The Morgan fingerprint density at radius 3 is 2.62 bits per heavy atom. The molecule has 4 nitrogen and oxygen atoms in total. The van der Waals surface area contributed by atoms with E-state index in [2.05, 4.69) is 34.5 Å². The molecule has 1 N–H and O–H groups in total. The zero-order valence-electron chi connectivity index (χ0n) is 11.6. The molecule has 5 heteroatoms. The van der Waals surface area contributed by atoms with E-state index in [0.29, 0.717) is 5.02 Å². The zero-order chi connectivity index (χ0) is 14.7. The zero-order valence-corrected chi connectivity index (χ0v) is 12.3. The third-order valence-corrected chi connectivity index (χ3v) is 3.61. The van der Waals surface area contributed by atoms with Crippen molar-refractivity contribution in [1.29, 1.82) is 0 Å². The maximum absolute atomic E-state index is 6.32. The molecule has 0 aliphatic carbocycles. The van der Waals surface area contributed by atoms with Crippen LogP contribution >= 0.6 is 11.6 Å². The summed E-state index contributed by atoms with van der Waals surface area (Å²) in [6.45, 7) is 2.11. The average molecular weight is 299 g/mol. The second-order valence-electron chi connectivity index (χ2n) is 4.75. The van der Waals surface area contributed by atoms with Crippen LogP contribution in [0.2, 0.25) is 5.02 Å². The summed E-state index contributed by atoms with van der Waals surface area (Å²) in [6.07, 6.45) is 3.13. The summed E-state index contributed by atoms with van der Waals surface area (Å²) in [5, 5.41) is 8.28. The summed E-state index contributed by atoms with van der Waals surface area (Å²) in [6, 6.07) is 16.2. The van der Waals surface area contributed by atoms with Crippen molar-refractivity contribution >= 4 is 17.3 Å². The lowest BCUT2D eigenvalue weighted by atomic mass is 10.1. The van der Waals surface area contributed by atoms with E-state index in [1.54, 1.807) is 11.0 Å². The minimum absolute atomic E-state index is 0.159. The molecule has 21 heavy (non-hydrogen) atoms. The lowest BCUT2D eigenvalue weighted by Gasteiger charge is -2.19. The van der Waals surface area contributed by atoms with Gasteiger partial charge in [-0.25, -0.2) is 9.67 Å². The Balaban J connectivity index is 1.95. The molecule has 0 fully saturated rings. The first-order chi connectivity index (χ1) is 10.3. The van der Waals surface area contributed by atoms with Gasteiger partial charge in [0.1, 0.15) is 18.3 Å². The molecule has 0 radical (unpaired) electrons. The normalized spacial score (nSPS) is 12.1. The van der Waals surface area contributed by atoms with Crippen LogP contribution in [0, 0.1) is 0 Å². The highest BCUT2D eigenvalue weighted by molar-refractivity contribution is 6.33. The highest BCUT2D eigenvalue weighted by atomic mass is 35.5. The summed E-state index contributed by atoms with van der Waals surface area (Å²) >= 11 is 6.32. The van der Waals surface area contributed by atoms with E-state index in [1.807, 2.05) is 36.4 Å². The molecule has 0 bridgehead atoms. The smallest absolute Gasteiger partial charge is 0.138 e. The Hall–Kier alpha value is -2.33. The predicted octanol–water partition coefficient (Wildman–Crippen LogP) is 4.09. The molecule has 0 saturated carbocycles. The van der Waals surface area contributed by atoms with E-state index in [9.17, 15) is 0 Å². The Labute approximate surface area is 128 Å². The summed E-state index contributed by atoms with van der Waals surface area (Å²) in [7, 11) is 0. The fourth-order valence-corrected chi connectivity index (χ4v) is 2.51. The van der Waals surface area contributed by atoms with Crippen molar-refractivity contribution in [2.75, 3.05) is 5.32 Å². The van der Waals surface area contributed by atoms with E-state index in [1.165, 1.54) is 11.9 Å². The first-order valence-electron chi connectivity index (χ1n) is 6.70. The molecule has 1 atom stereocenters. The number of anilines is 1. The van der Waals surface area contributed by atoms with Gasteiger partial charge in [0, 0.05) is 6.04 Å². The van der Waals surface area contributed by atoms with E-state index < -0.39 is 0 Å². The number of aromatic nitrogens is 3. The van der Waals surface area contributed by atoms with Gasteiger partial charge in [0.15, 0.2) is 0 Å². The van der Waals surface area contributed by atoms with Gasteiger partial charge in [0.05, 0.1) is 10.7 Å². The minimum Gasteiger partial charge on any atom is -0.377 e. The lowest BCUT2D eigenvalue weighted by Crippen LogP contribution is -2.10. The monoisotopic (exact) mass is 298 g/mol. The van der Waals surface area contributed by atoms with E-state index >= 15 is 0 Å². The first-order valence-corrected chi connectivity index (χ1v) is 7.08. The Kier molecular flexibility index (Phi) is 3.88. The summed E-state index contributed by atoms with van der Waals surface area (Å²) in [4.78, 5) is 3.98. The summed E-state index contributed by atoms with van der Waals surface area (Å²) < 4.78 is 1.67. The van der Waals surface area contributed by atoms with Crippen molar-refractivity contribution in [2.45, 2.75) is 13.0 Å². The molecule has 1 aromatic heterocycles. The molecular formula is C16H15ClN4. The number of hydrogen-bond donors (Lipinski definition) is 1. The van der Waals surface area contributed by atoms with Crippen LogP contribution in [0.15, 0.2) is 61.2 Å². The van der Waals surface area contributed by atoms with Crippen LogP contribution < -0.4 is 5.32 Å². The Bertz CT molecular complexity index is 710. The number of halogens is 1. The topological polar surface area (TPSA) is 42.7 Å². The minimum atomic E-state index is 0.159. The quantitative estimate of drug-likeness (QED) is 0.789. The summed E-state index contributed by atoms with van der Waals surface area (Å²) in [5.41, 5.74) is 2.94. The molecule has 1 heterocycles. The second kappa shape index (κ2) is 5.97. The Morgan fingerprint density at radius 2 is 1.90 bits per heavy atom. The molecule has 0 aliphatic rings. The van der Waals surface area contributed by atoms with Crippen LogP contribution in [0.5, 0.6) is 0 Å². The van der Waals surface area contributed by atoms with Gasteiger partial charge in [-0.2, -0.15) is 5.10 Å². The van der Waals surface area contributed by atoms with Crippen LogP contribution in [-0.2, 0) is 0 Å². The highest BCUT2D eigenvalue weighted by Crippen LogP contribution is 2.30. The number of nitrogens with one attached hydrogen (secondary N) is 1. The SMILES string of the molecule is CC(Nc1cccc(Cl)c1-n1cncn1)c1ccccc1. The molecule has 3 rings (SSSR count). The van der Waals surface area contributed by atoms with Gasteiger partial charge < -0.3 is 5.32 Å². The van der Waals surface area contributed by atoms with Crippen molar-refractivity contribution in [3.63, 3.8) is 0 Å². The molecule has 0 spiro atoms. The van der Waals surface area contributed by atoms with Crippen molar-refractivity contribution in [3.8, 4) is 5.69 Å². The molecule has 3 aromatic rings. The van der Waals surface area contributed by atoms with Gasteiger partial charge in [-0.15, -0.1) is 0 Å². The van der Waals surface area contributed by atoms with Crippen LogP contribution in [0.25, 0.3) is 5.69 Å². The number of benzene rings is 2. The van der Waals surface area contributed by atoms with Crippen molar-refractivity contribution in [1.82, 2.24) is 14.8 Å². The number of para-hydroxylation sites is 1. The molecule has 106 valence electrons. The third kappa shape index (κ3) is 2.90. The van der Waals surface area contributed by atoms with Gasteiger partial charge >= 0.3 is 0 Å². The van der Waals surface area contributed by atoms with Crippen molar-refractivity contribution < 1.29 is 0 Å². The average Bonchev–Trinajstić information content (AvgIpc) is 3.02. The fraction of sp³-hybridized carbons (Fsp3) is 0.125. The Morgan fingerprint density at radius 1 is 1.10 bits per heavy atom. The number of nitrogens with zero attached hydrogens (tertiary/aromatic N) is 3. The molecule has 0 saturated heterocycles. The van der Waals surface area contributed by atoms with Crippen LogP contribution in [-0.4, -0.2) is 14.8 Å². The molecule has 0 amide bonds. The van der Waals surface area contributed by atoms with Crippen LogP contribution in [0.1, 0.15) is 18.5 Å². The van der Waals surface area contributed by atoms with Crippen LogP contribution in [0.3, 0.4) is 0 Å². The van der Waals surface area contributed by atoms with Gasteiger partial charge in [-0.1, -0.05) is 48.0 Å². The van der Waals surface area contributed by atoms with Gasteiger partial charge in [-0.3, -0.25) is 0 Å². The predicted molar refractivity (Wildman–Crippen MR) is 84.8 cm³/mol. The molecule has 1 unspecified atom stereocenters. The van der Waals surface area contributed by atoms with Crippen LogP contribution in [0.4, 0.5) is 5.69 Å². The van der Waals surface area contributed by atoms with Gasteiger partial charge in [0.2, 0.25) is 0 Å². The number of rotatable bonds is 4.